The van der Waals surface area contributed by atoms with Crippen molar-refractivity contribution in [1.82, 2.24) is 25.7 Å². The van der Waals surface area contributed by atoms with E-state index in [0.717, 1.165) is 12.4 Å². The van der Waals surface area contributed by atoms with E-state index in [1.54, 1.807) is 0 Å². The van der Waals surface area contributed by atoms with E-state index < -0.39 is 23.7 Å². The lowest BCUT2D eigenvalue weighted by atomic mass is 10.2. The first kappa shape index (κ1) is 15.4. The minimum Gasteiger partial charge on any atom is -0.308 e. The van der Waals surface area contributed by atoms with Crippen LogP contribution in [0, 0.1) is 0 Å². The van der Waals surface area contributed by atoms with Crippen LogP contribution in [0.25, 0.3) is 0 Å². The van der Waals surface area contributed by atoms with Crippen molar-refractivity contribution in [2.24, 2.45) is 0 Å². The van der Waals surface area contributed by atoms with Crippen LogP contribution in [0.2, 0.25) is 0 Å². The maximum absolute atomic E-state index is 12.5. The number of aromatic amines is 2. The maximum Gasteiger partial charge on any atom is 0.433 e. The summed E-state index contributed by atoms with van der Waals surface area (Å²) in [6, 6.07) is 0. The first-order chi connectivity index (χ1) is 9.69. The average Bonchev–Trinajstić information content (AvgIpc) is 2.94. The Morgan fingerprint density at radius 1 is 0.810 bits per heavy atom. The van der Waals surface area contributed by atoms with Crippen molar-refractivity contribution in [3.8, 4) is 0 Å². The van der Waals surface area contributed by atoms with Gasteiger partial charge in [-0.25, -0.2) is 0 Å². The molecule has 21 heavy (non-hydrogen) atoms. The molecule has 0 saturated carbocycles. The van der Waals surface area contributed by atoms with Crippen LogP contribution < -0.4 is 5.32 Å². The van der Waals surface area contributed by atoms with Crippen molar-refractivity contribution in [2.75, 3.05) is 0 Å². The summed E-state index contributed by atoms with van der Waals surface area (Å²) in [5.41, 5.74) is -2.42. The van der Waals surface area contributed by atoms with E-state index >= 15 is 0 Å². The topological polar surface area (TPSA) is 69.4 Å². The summed E-state index contributed by atoms with van der Waals surface area (Å²) in [6.45, 7) is -0.568. The van der Waals surface area contributed by atoms with E-state index in [9.17, 15) is 26.3 Å². The molecule has 11 heteroatoms. The van der Waals surface area contributed by atoms with E-state index in [1.807, 2.05) is 10.2 Å². The molecule has 0 saturated heterocycles. The summed E-state index contributed by atoms with van der Waals surface area (Å²) < 4.78 is 75.2. The quantitative estimate of drug-likeness (QED) is 0.760. The number of hydrogen-bond donors (Lipinski definition) is 3. The molecular weight excluding hydrogens is 304 g/mol. The largest absolute Gasteiger partial charge is 0.433 e. The zero-order chi connectivity index (χ0) is 15.7. The molecule has 3 N–H and O–H groups in total. The summed E-state index contributed by atoms with van der Waals surface area (Å²) in [5, 5.41) is 12.7. The van der Waals surface area contributed by atoms with E-state index in [-0.39, 0.29) is 24.2 Å². The summed E-state index contributed by atoms with van der Waals surface area (Å²) in [5.74, 6) is 0. The molecule has 116 valence electrons. The van der Waals surface area contributed by atoms with Gasteiger partial charge in [-0.05, 0) is 0 Å². The van der Waals surface area contributed by atoms with Crippen LogP contribution >= 0.6 is 0 Å². The molecule has 2 aromatic heterocycles. The van der Waals surface area contributed by atoms with Gasteiger partial charge in [-0.15, -0.1) is 0 Å². The fourth-order valence-electron chi connectivity index (χ4n) is 1.71. The fourth-order valence-corrected chi connectivity index (χ4v) is 1.71. The van der Waals surface area contributed by atoms with E-state index in [1.165, 1.54) is 0 Å². The molecular formula is C10H9F6N5. The number of hydrogen-bond acceptors (Lipinski definition) is 3. The van der Waals surface area contributed by atoms with Crippen LogP contribution in [0.3, 0.4) is 0 Å². The third kappa shape index (κ3) is 3.54. The molecule has 0 aliphatic rings. The third-order valence-electron chi connectivity index (χ3n) is 2.63. The van der Waals surface area contributed by atoms with Gasteiger partial charge >= 0.3 is 12.4 Å². The highest BCUT2D eigenvalue weighted by Crippen LogP contribution is 2.31. The molecule has 0 aliphatic carbocycles. The Bertz CT molecular complexity index is 543. The smallest absolute Gasteiger partial charge is 0.308 e. The Hall–Kier alpha value is -2.04. The van der Waals surface area contributed by atoms with Crippen LogP contribution in [0.15, 0.2) is 12.4 Å². The van der Waals surface area contributed by atoms with Crippen molar-refractivity contribution >= 4 is 0 Å². The van der Waals surface area contributed by atoms with Crippen molar-refractivity contribution in [1.29, 1.82) is 0 Å². The fraction of sp³-hybridized carbons (Fsp3) is 0.400. The first-order valence-electron chi connectivity index (χ1n) is 5.59. The Morgan fingerprint density at radius 2 is 1.19 bits per heavy atom. The number of rotatable bonds is 4. The highest BCUT2D eigenvalue weighted by atomic mass is 19.4. The van der Waals surface area contributed by atoms with Crippen molar-refractivity contribution in [3.63, 3.8) is 0 Å². The molecule has 0 bridgehead atoms. The predicted molar refractivity (Wildman–Crippen MR) is 57.7 cm³/mol. The zero-order valence-corrected chi connectivity index (χ0v) is 10.2. The molecule has 2 aromatic rings. The van der Waals surface area contributed by atoms with Crippen LogP contribution in [0.4, 0.5) is 26.3 Å². The first-order valence-corrected chi connectivity index (χ1v) is 5.59. The highest BCUT2D eigenvalue weighted by Gasteiger charge is 2.36. The van der Waals surface area contributed by atoms with Crippen LogP contribution in [-0.2, 0) is 25.4 Å². The van der Waals surface area contributed by atoms with Gasteiger partial charge in [-0.1, -0.05) is 0 Å². The average molecular weight is 313 g/mol. The van der Waals surface area contributed by atoms with E-state index in [2.05, 4.69) is 15.5 Å². The van der Waals surface area contributed by atoms with Gasteiger partial charge in [0.15, 0.2) is 0 Å². The highest BCUT2D eigenvalue weighted by molar-refractivity contribution is 5.21. The molecule has 0 atom stereocenters. The standard InChI is InChI=1S/C10H9F6N5/c11-9(12,13)7-5(3-18-20-7)1-17-2-6-4-19-21-8(6)10(14,15)16/h3-4,17H,1-2H2,(H,18,20)(H,19,21). The number of alkyl halides is 6. The van der Waals surface area contributed by atoms with E-state index in [0.29, 0.717) is 0 Å². The van der Waals surface area contributed by atoms with Gasteiger partial charge in [0.2, 0.25) is 0 Å². The molecule has 2 heterocycles. The van der Waals surface area contributed by atoms with Gasteiger partial charge in [0.25, 0.3) is 0 Å². The van der Waals surface area contributed by atoms with Gasteiger partial charge in [0, 0.05) is 24.2 Å². The SMILES string of the molecule is FC(F)(F)c1[nH]ncc1CNCc1cn[nH]c1C(F)(F)F. The lowest BCUT2D eigenvalue weighted by Gasteiger charge is -2.09. The number of H-pyrrole nitrogens is 2. The zero-order valence-electron chi connectivity index (χ0n) is 10.2. The second-order valence-corrected chi connectivity index (χ2v) is 4.14. The minimum absolute atomic E-state index is 0.181. The number of halogens is 6. The van der Waals surface area contributed by atoms with Gasteiger partial charge in [0.05, 0.1) is 12.4 Å². The third-order valence-corrected chi connectivity index (χ3v) is 2.63. The Kier molecular flexibility index (Phi) is 3.94. The number of nitrogens with one attached hydrogen (secondary N) is 3. The van der Waals surface area contributed by atoms with Gasteiger partial charge < -0.3 is 5.32 Å². The Balaban J connectivity index is 2.00. The van der Waals surface area contributed by atoms with E-state index in [4.69, 9.17) is 0 Å². The number of nitrogens with zero attached hydrogens (tertiary/aromatic N) is 2. The molecule has 5 nitrogen and oxygen atoms in total. The van der Waals surface area contributed by atoms with Gasteiger partial charge in [0.1, 0.15) is 11.4 Å². The van der Waals surface area contributed by atoms with Gasteiger partial charge in [-0.2, -0.15) is 36.5 Å². The van der Waals surface area contributed by atoms with Crippen molar-refractivity contribution in [3.05, 3.63) is 34.9 Å². The molecule has 0 radical (unpaired) electrons. The summed E-state index contributed by atoms with van der Waals surface area (Å²) >= 11 is 0. The Labute approximate surface area is 113 Å². The molecule has 0 amide bonds. The molecule has 0 unspecified atom stereocenters. The molecule has 0 aromatic carbocycles. The lowest BCUT2D eigenvalue weighted by molar-refractivity contribution is -0.142. The van der Waals surface area contributed by atoms with Gasteiger partial charge in [-0.3, -0.25) is 10.2 Å². The van der Waals surface area contributed by atoms with Crippen LogP contribution in [0.1, 0.15) is 22.5 Å². The second-order valence-electron chi connectivity index (χ2n) is 4.14. The predicted octanol–water partition coefficient (Wildman–Crippen LogP) is 2.46. The molecule has 2 rings (SSSR count). The molecule has 0 fully saturated rings. The molecule has 0 spiro atoms. The molecule has 0 aliphatic heterocycles. The second kappa shape index (κ2) is 5.39. The van der Waals surface area contributed by atoms with Crippen LogP contribution in [0.5, 0.6) is 0 Å². The monoisotopic (exact) mass is 313 g/mol. The lowest BCUT2D eigenvalue weighted by Crippen LogP contribution is -2.18. The van der Waals surface area contributed by atoms with Crippen molar-refractivity contribution < 1.29 is 26.3 Å². The summed E-state index contributed by atoms with van der Waals surface area (Å²) in [7, 11) is 0. The normalized spacial score (nSPS) is 12.9. The maximum atomic E-state index is 12.5. The Morgan fingerprint density at radius 3 is 1.52 bits per heavy atom. The van der Waals surface area contributed by atoms with Crippen molar-refractivity contribution in [2.45, 2.75) is 25.4 Å². The minimum atomic E-state index is -4.60. The summed E-state index contributed by atoms with van der Waals surface area (Å²) in [4.78, 5) is 0. The summed E-state index contributed by atoms with van der Waals surface area (Å²) in [6.07, 6.45) is -7.26. The number of aromatic nitrogens is 4. The van der Waals surface area contributed by atoms with Crippen LogP contribution in [-0.4, -0.2) is 20.4 Å².